The number of nitrogens with zero attached hydrogens (tertiary/aromatic N) is 1. The van der Waals surface area contributed by atoms with Gasteiger partial charge in [-0.3, -0.25) is 15.8 Å². The number of hydrogen-bond acceptors (Lipinski definition) is 5. The Balaban J connectivity index is 1.81. The first-order valence-corrected chi connectivity index (χ1v) is 10.8. The average Bonchev–Trinajstić information content (AvgIpc) is 3.09. The Morgan fingerprint density at radius 2 is 2.07 bits per heavy atom. The van der Waals surface area contributed by atoms with Crippen LogP contribution in [0.4, 0.5) is 0 Å². The molecule has 3 N–H and O–H groups in total. The predicted octanol–water partition coefficient (Wildman–Crippen LogP) is 2.48. The summed E-state index contributed by atoms with van der Waals surface area (Å²) < 4.78 is 11.9. The van der Waals surface area contributed by atoms with Crippen molar-refractivity contribution in [3.05, 3.63) is 33.8 Å². The molecular weight excluding hydrogens is 422 g/mol. The largest absolute Gasteiger partial charge is 0.383 e. The number of halogens is 1. The molecule has 3 atom stereocenters. The van der Waals surface area contributed by atoms with Gasteiger partial charge in [-0.2, -0.15) is 0 Å². The Bertz CT molecular complexity index is 765. The molecule has 1 heterocycles. The van der Waals surface area contributed by atoms with E-state index in [4.69, 9.17) is 15.2 Å². The molecule has 28 heavy (non-hydrogen) atoms. The quantitative estimate of drug-likeness (QED) is 0.734. The van der Waals surface area contributed by atoms with Crippen LogP contribution in [0.2, 0.25) is 0 Å². The highest BCUT2D eigenvalue weighted by Crippen LogP contribution is 2.60. The molecule has 0 aromatic heterocycles. The highest BCUT2D eigenvalue weighted by molar-refractivity contribution is 9.10. The number of hydrogen-bond donors (Lipinski definition) is 2. The van der Waals surface area contributed by atoms with Gasteiger partial charge in [0.25, 0.3) is 5.91 Å². The van der Waals surface area contributed by atoms with E-state index in [2.05, 4.69) is 39.4 Å². The Morgan fingerprint density at radius 1 is 1.36 bits per heavy atom. The van der Waals surface area contributed by atoms with Crippen molar-refractivity contribution in [2.24, 2.45) is 11.1 Å². The molecule has 1 aromatic carbocycles. The van der Waals surface area contributed by atoms with Gasteiger partial charge in [-0.15, -0.1) is 0 Å². The zero-order valence-corrected chi connectivity index (χ0v) is 18.4. The molecule has 1 aromatic rings. The average molecular weight is 452 g/mol. The Kier molecular flexibility index (Phi) is 5.33. The molecule has 1 saturated heterocycles. The first-order valence-electron chi connectivity index (χ1n) is 10.1. The van der Waals surface area contributed by atoms with Crippen molar-refractivity contribution < 1.29 is 14.3 Å². The SMILES string of the molecule is COCC(C)N1C(=O)C2(NC1N)c1cc(Br)ccc1CC21CCC(OC)CC1. The van der Waals surface area contributed by atoms with Crippen LogP contribution in [0.15, 0.2) is 22.7 Å². The van der Waals surface area contributed by atoms with E-state index < -0.39 is 11.8 Å². The van der Waals surface area contributed by atoms with Crippen LogP contribution in [-0.4, -0.2) is 50.1 Å². The first-order chi connectivity index (χ1) is 13.4. The highest BCUT2D eigenvalue weighted by atomic mass is 79.9. The molecule has 4 rings (SSSR count). The molecule has 2 spiro atoms. The van der Waals surface area contributed by atoms with Crippen molar-refractivity contribution in [3.8, 4) is 0 Å². The number of rotatable bonds is 4. The summed E-state index contributed by atoms with van der Waals surface area (Å²) >= 11 is 3.61. The normalized spacial score (nSPS) is 35.8. The van der Waals surface area contributed by atoms with E-state index in [9.17, 15) is 4.79 Å². The molecule has 1 amide bonds. The van der Waals surface area contributed by atoms with Crippen LogP contribution in [0.25, 0.3) is 0 Å². The highest BCUT2D eigenvalue weighted by Gasteiger charge is 2.67. The van der Waals surface area contributed by atoms with Gasteiger partial charge in [0.15, 0.2) is 0 Å². The second kappa shape index (κ2) is 7.36. The Hall–Kier alpha value is -0.990. The number of methoxy groups -OCH3 is 2. The topological polar surface area (TPSA) is 76.8 Å². The molecule has 2 aliphatic carbocycles. The number of benzene rings is 1. The summed E-state index contributed by atoms with van der Waals surface area (Å²) in [5, 5.41) is 3.58. The van der Waals surface area contributed by atoms with E-state index in [1.54, 1.807) is 19.1 Å². The van der Waals surface area contributed by atoms with Gasteiger partial charge in [-0.05, 0) is 62.3 Å². The van der Waals surface area contributed by atoms with E-state index in [0.717, 1.165) is 42.1 Å². The summed E-state index contributed by atoms with van der Waals surface area (Å²) in [6, 6.07) is 6.23. The fraction of sp³-hybridized carbons (Fsp3) is 0.667. The number of nitrogens with one attached hydrogen (secondary N) is 1. The van der Waals surface area contributed by atoms with Crippen molar-refractivity contribution in [2.75, 3.05) is 20.8 Å². The number of ether oxygens (including phenoxy) is 2. The van der Waals surface area contributed by atoms with Crippen LogP contribution in [0.3, 0.4) is 0 Å². The van der Waals surface area contributed by atoms with E-state index in [-0.39, 0.29) is 23.5 Å². The molecule has 154 valence electrons. The van der Waals surface area contributed by atoms with Gasteiger partial charge in [0.05, 0.1) is 18.8 Å². The lowest BCUT2D eigenvalue weighted by Crippen LogP contribution is -2.57. The summed E-state index contributed by atoms with van der Waals surface area (Å²) in [7, 11) is 3.43. The lowest BCUT2D eigenvalue weighted by molar-refractivity contribution is -0.142. The van der Waals surface area contributed by atoms with E-state index in [0.29, 0.717) is 6.61 Å². The van der Waals surface area contributed by atoms with Crippen LogP contribution in [0.1, 0.15) is 43.7 Å². The van der Waals surface area contributed by atoms with Gasteiger partial charge in [0, 0.05) is 24.1 Å². The van der Waals surface area contributed by atoms with Crippen molar-refractivity contribution in [1.82, 2.24) is 10.2 Å². The molecule has 2 fully saturated rings. The standard InChI is InChI=1S/C21H30BrN3O3/c1-13(12-27-2)25-18(26)21(24-19(25)23)17-10-15(22)5-4-14(17)11-20(21)8-6-16(28-3)7-9-20/h4-5,10,13,16,19,24H,6-9,11-12,23H2,1-3H3. The maximum absolute atomic E-state index is 14.0. The smallest absolute Gasteiger partial charge is 0.250 e. The third-order valence-electron chi connectivity index (χ3n) is 7.13. The number of amides is 1. The third kappa shape index (κ3) is 2.78. The fourth-order valence-corrected chi connectivity index (χ4v) is 6.17. The lowest BCUT2D eigenvalue weighted by atomic mass is 9.61. The monoisotopic (exact) mass is 451 g/mol. The van der Waals surface area contributed by atoms with E-state index in [1.807, 2.05) is 6.92 Å². The van der Waals surface area contributed by atoms with Crippen LogP contribution in [-0.2, 0) is 26.2 Å². The minimum absolute atomic E-state index is 0.0808. The molecular formula is C21H30BrN3O3. The molecule has 7 heteroatoms. The molecule has 0 bridgehead atoms. The number of fused-ring (bicyclic) bond motifs is 3. The summed E-state index contributed by atoms with van der Waals surface area (Å²) in [5.74, 6) is 0.0808. The zero-order chi connectivity index (χ0) is 20.1. The summed E-state index contributed by atoms with van der Waals surface area (Å²) in [5.41, 5.74) is 7.85. The molecule has 0 radical (unpaired) electrons. The van der Waals surface area contributed by atoms with E-state index in [1.165, 1.54) is 5.56 Å². The minimum atomic E-state index is -0.785. The van der Waals surface area contributed by atoms with Gasteiger partial charge in [0.2, 0.25) is 0 Å². The molecule has 6 nitrogen and oxygen atoms in total. The first kappa shape index (κ1) is 20.3. The fourth-order valence-electron chi connectivity index (χ4n) is 5.81. The van der Waals surface area contributed by atoms with E-state index >= 15 is 0 Å². The second-order valence-corrected chi connectivity index (χ2v) is 9.47. The predicted molar refractivity (Wildman–Crippen MR) is 111 cm³/mol. The molecule has 3 unspecified atom stereocenters. The Morgan fingerprint density at radius 3 is 2.71 bits per heavy atom. The second-order valence-electron chi connectivity index (χ2n) is 8.55. The van der Waals surface area contributed by atoms with Gasteiger partial charge in [-0.1, -0.05) is 22.0 Å². The molecule has 1 aliphatic heterocycles. The van der Waals surface area contributed by atoms with Gasteiger partial charge < -0.3 is 14.4 Å². The maximum Gasteiger partial charge on any atom is 0.250 e. The van der Waals surface area contributed by atoms with Crippen LogP contribution in [0, 0.1) is 5.41 Å². The summed E-state index contributed by atoms with van der Waals surface area (Å²) in [6.07, 6.45) is 4.44. The number of carbonyl (C=O) groups excluding carboxylic acids is 1. The molecule has 3 aliphatic rings. The minimum Gasteiger partial charge on any atom is -0.383 e. The Labute approximate surface area is 175 Å². The van der Waals surface area contributed by atoms with Crippen molar-refractivity contribution >= 4 is 21.8 Å². The van der Waals surface area contributed by atoms with Gasteiger partial charge >= 0.3 is 0 Å². The third-order valence-corrected chi connectivity index (χ3v) is 7.62. The van der Waals surface area contributed by atoms with Gasteiger partial charge in [-0.25, -0.2) is 0 Å². The summed E-state index contributed by atoms with van der Waals surface area (Å²) in [4.78, 5) is 15.8. The summed E-state index contributed by atoms with van der Waals surface area (Å²) in [6.45, 7) is 2.45. The van der Waals surface area contributed by atoms with Crippen LogP contribution in [0.5, 0.6) is 0 Å². The van der Waals surface area contributed by atoms with Crippen molar-refractivity contribution in [2.45, 2.75) is 63.0 Å². The van der Waals surface area contributed by atoms with Crippen molar-refractivity contribution in [3.63, 3.8) is 0 Å². The number of nitrogens with two attached hydrogens (primary N) is 1. The molecule has 1 saturated carbocycles. The van der Waals surface area contributed by atoms with Crippen LogP contribution >= 0.6 is 15.9 Å². The lowest BCUT2D eigenvalue weighted by Gasteiger charge is -2.47. The zero-order valence-electron chi connectivity index (χ0n) is 16.8. The van der Waals surface area contributed by atoms with Crippen molar-refractivity contribution in [1.29, 1.82) is 0 Å². The van der Waals surface area contributed by atoms with Crippen LogP contribution < -0.4 is 11.1 Å². The number of carbonyl (C=O) groups is 1. The maximum atomic E-state index is 14.0. The van der Waals surface area contributed by atoms with Gasteiger partial charge in [0.1, 0.15) is 11.8 Å².